The number of rotatable bonds is 7. The van der Waals surface area contributed by atoms with Crippen LogP contribution >= 0.6 is 0 Å². The van der Waals surface area contributed by atoms with E-state index in [0.717, 1.165) is 5.56 Å². The summed E-state index contributed by atoms with van der Waals surface area (Å²) < 4.78 is 0. The zero-order valence-electron chi connectivity index (χ0n) is 16.1. The molecule has 1 aromatic rings. The molecule has 0 radical (unpaired) electrons. The predicted molar refractivity (Wildman–Crippen MR) is 106 cm³/mol. The summed E-state index contributed by atoms with van der Waals surface area (Å²) in [4.78, 5) is 44.1. The van der Waals surface area contributed by atoms with E-state index in [-0.39, 0.29) is 24.0 Å². The summed E-state index contributed by atoms with van der Waals surface area (Å²) in [6.07, 6.45) is 0.821. The number of hydrogen-bond donors (Lipinski definition) is 3. The first-order valence-corrected chi connectivity index (χ1v) is 9.20. The van der Waals surface area contributed by atoms with Gasteiger partial charge in [0.05, 0.1) is 0 Å². The molecule has 1 spiro atoms. The van der Waals surface area contributed by atoms with E-state index in [4.69, 9.17) is 10.6 Å². The number of aliphatic hydroxyl groups is 1. The van der Waals surface area contributed by atoms with Crippen molar-refractivity contribution in [1.82, 2.24) is 15.2 Å². The molecule has 3 amide bonds. The van der Waals surface area contributed by atoms with Gasteiger partial charge in [-0.2, -0.15) is 0 Å². The fraction of sp³-hybridized carbons (Fsp3) is 0.368. The van der Waals surface area contributed by atoms with Gasteiger partial charge in [-0.25, -0.2) is 0 Å². The quantitative estimate of drug-likeness (QED) is 0.249. The molecule has 2 saturated heterocycles. The number of allylic oxidation sites excluding steroid dienone is 1. The third kappa shape index (κ3) is 3.75. The van der Waals surface area contributed by atoms with Crippen LogP contribution in [0.15, 0.2) is 41.8 Å². The molecule has 152 valence electrons. The van der Waals surface area contributed by atoms with Gasteiger partial charge in [-0.1, -0.05) is 0 Å². The molecule has 2 heterocycles. The number of benzene rings is 1. The van der Waals surface area contributed by atoms with Crippen LogP contribution in [0.3, 0.4) is 0 Å². The molecule has 0 aromatic heterocycles. The summed E-state index contributed by atoms with van der Waals surface area (Å²) in [5, 5.41) is 13.2. The van der Waals surface area contributed by atoms with Gasteiger partial charge in [-0.05, 0) is 0 Å². The van der Waals surface area contributed by atoms with E-state index >= 15 is 0 Å². The molecular formula is C19H23BN4O5. The summed E-state index contributed by atoms with van der Waals surface area (Å²) in [7, 11) is 1.45. The number of nitrogens with two attached hydrogens (primary N) is 1. The van der Waals surface area contributed by atoms with Crippen molar-refractivity contribution in [2.24, 2.45) is 5.73 Å². The zero-order chi connectivity index (χ0) is 21.2. The number of aliphatic hydroxyl groups excluding tert-OH is 1. The number of nitrogens with zero attached hydrogens (tertiary/aromatic N) is 2. The van der Waals surface area contributed by atoms with Gasteiger partial charge in [-0.15, -0.1) is 0 Å². The van der Waals surface area contributed by atoms with Gasteiger partial charge in [0.1, 0.15) is 0 Å². The van der Waals surface area contributed by atoms with Crippen LogP contribution < -0.4 is 11.1 Å². The number of primary amides is 1. The van der Waals surface area contributed by atoms with Gasteiger partial charge in [-0.3, -0.25) is 0 Å². The normalized spacial score (nSPS) is 24.0. The molecule has 2 atom stereocenters. The summed E-state index contributed by atoms with van der Waals surface area (Å²) in [6.45, 7) is 5.55. The van der Waals surface area contributed by atoms with Crippen molar-refractivity contribution in [3.8, 4) is 0 Å². The number of amides is 3. The standard InChI is InChI=1S/C19H23BN4O5/c1-12(25)15(16(21)26)22-17(27)14-8-9-19(24(14)20-2)11-23(18(19)28)29-10-13-6-4-3-5-7-13/h3-7,14,25H,2,8-11H2,1H3,(H2,21,26)(H,22,27)/b15-12+. The van der Waals surface area contributed by atoms with Gasteiger partial charge in [0.25, 0.3) is 0 Å². The molecular weight excluding hydrogens is 375 g/mol. The van der Waals surface area contributed by atoms with Crippen molar-refractivity contribution in [1.29, 1.82) is 0 Å². The molecule has 0 aliphatic carbocycles. The van der Waals surface area contributed by atoms with Crippen molar-refractivity contribution in [3.63, 3.8) is 0 Å². The van der Waals surface area contributed by atoms with Gasteiger partial charge in [0.2, 0.25) is 0 Å². The number of hydrogen-bond acceptors (Lipinski definition) is 6. The Kier molecular flexibility index (Phi) is 5.74. The van der Waals surface area contributed by atoms with Crippen LogP contribution in [0.5, 0.6) is 0 Å². The molecule has 0 saturated carbocycles. The average molecular weight is 398 g/mol. The molecule has 9 nitrogen and oxygen atoms in total. The Labute approximate surface area is 169 Å². The Morgan fingerprint density at radius 1 is 1.41 bits per heavy atom. The summed E-state index contributed by atoms with van der Waals surface area (Å²) in [6, 6.07) is 8.76. The monoisotopic (exact) mass is 398 g/mol. The SMILES string of the molecule is C=BN1C(C(=O)N/C(C(N)=O)=C(\C)O)CCC12CN(OCc1ccccc1)C2=O. The summed E-state index contributed by atoms with van der Waals surface area (Å²) in [5.74, 6) is -2.12. The Bertz CT molecular complexity index is 871. The van der Waals surface area contributed by atoms with E-state index in [9.17, 15) is 19.5 Å². The summed E-state index contributed by atoms with van der Waals surface area (Å²) >= 11 is 0. The van der Waals surface area contributed by atoms with Crippen molar-refractivity contribution < 1.29 is 24.3 Å². The Morgan fingerprint density at radius 3 is 2.66 bits per heavy atom. The van der Waals surface area contributed by atoms with Crippen molar-refractivity contribution >= 4 is 31.2 Å². The van der Waals surface area contributed by atoms with E-state index in [1.54, 1.807) is 4.81 Å². The van der Waals surface area contributed by atoms with Crippen LogP contribution in [-0.4, -0.2) is 64.4 Å². The third-order valence-electron chi connectivity index (χ3n) is 5.28. The predicted octanol–water partition coefficient (Wildman–Crippen LogP) is -0.394. The second-order valence-corrected chi connectivity index (χ2v) is 7.09. The average Bonchev–Trinajstić information content (AvgIpc) is 3.10. The van der Waals surface area contributed by atoms with Gasteiger partial charge >= 0.3 is 168 Å². The van der Waals surface area contributed by atoms with Crippen molar-refractivity contribution in [2.75, 3.05) is 6.54 Å². The number of β-lactam (4-membered cyclic amide) rings is 1. The molecule has 4 N–H and O–H groups in total. The molecule has 2 fully saturated rings. The fourth-order valence-corrected chi connectivity index (χ4v) is 3.77. The van der Waals surface area contributed by atoms with Crippen LogP contribution in [-0.2, 0) is 25.8 Å². The molecule has 2 unspecified atom stereocenters. The topological polar surface area (TPSA) is 125 Å². The third-order valence-corrected chi connectivity index (χ3v) is 5.28. The Balaban J connectivity index is 1.66. The van der Waals surface area contributed by atoms with Crippen molar-refractivity contribution in [2.45, 2.75) is 38.0 Å². The Morgan fingerprint density at radius 2 is 2.10 bits per heavy atom. The van der Waals surface area contributed by atoms with Crippen molar-refractivity contribution in [3.05, 3.63) is 47.4 Å². The van der Waals surface area contributed by atoms with Crippen LogP contribution in [0.25, 0.3) is 0 Å². The van der Waals surface area contributed by atoms with Crippen LogP contribution in [0.1, 0.15) is 25.3 Å². The molecule has 0 bridgehead atoms. The molecule has 1 aromatic carbocycles. The molecule has 3 rings (SSSR count). The molecule has 29 heavy (non-hydrogen) atoms. The molecule has 2 aliphatic rings. The van der Waals surface area contributed by atoms with Crippen LogP contribution in [0.4, 0.5) is 0 Å². The molecule has 2 aliphatic heterocycles. The second-order valence-electron chi connectivity index (χ2n) is 7.09. The first kappa shape index (κ1) is 20.6. The number of nitrogens with one attached hydrogen (secondary N) is 1. The first-order valence-electron chi connectivity index (χ1n) is 9.20. The van der Waals surface area contributed by atoms with E-state index in [1.165, 1.54) is 19.0 Å². The van der Waals surface area contributed by atoms with E-state index in [1.807, 2.05) is 30.3 Å². The minimum atomic E-state index is -0.948. The maximum absolute atomic E-state index is 12.8. The number of carbonyl (C=O) groups is 3. The fourth-order valence-electron chi connectivity index (χ4n) is 3.77. The van der Waals surface area contributed by atoms with Gasteiger partial charge in [0.15, 0.2) is 0 Å². The zero-order valence-corrected chi connectivity index (χ0v) is 16.1. The van der Waals surface area contributed by atoms with Crippen LogP contribution in [0.2, 0.25) is 0 Å². The van der Waals surface area contributed by atoms with Gasteiger partial charge in [0, 0.05) is 0 Å². The van der Waals surface area contributed by atoms with Gasteiger partial charge < -0.3 is 0 Å². The number of hydroxylamine groups is 2. The van der Waals surface area contributed by atoms with E-state index < -0.39 is 23.4 Å². The van der Waals surface area contributed by atoms with Crippen LogP contribution in [0, 0.1) is 0 Å². The van der Waals surface area contributed by atoms with E-state index in [0.29, 0.717) is 19.4 Å². The molecule has 10 heteroatoms. The van der Waals surface area contributed by atoms with E-state index in [2.05, 4.69) is 11.8 Å². The first-order chi connectivity index (χ1) is 13.8. The Hall–Kier alpha value is -3.14. The second kappa shape index (κ2) is 8.08. The maximum atomic E-state index is 12.8. The summed E-state index contributed by atoms with van der Waals surface area (Å²) in [5.41, 5.74) is 4.86. The number of carbonyl (C=O) groups excluding carboxylic acids is 3. The minimum absolute atomic E-state index is 0.243.